The number of aliphatic hydroxyl groups is 1. The first kappa shape index (κ1) is 13.8. The molecular weight excluding hydrogens is 228 g/mol. The summed E-state index contributed by atoms with van der Waals surface area (Å²) in [5.74, 6) is 0.242. The van der Waals surface area contributed by atoms with Crippen LogP contribution in [0.15, 0.2) is 0 Å². The fourth-order valence-electron chi connectivity index (χ4n) is 3.23. The summed E-state index contributed by atoms with van der Waals surface area (Å²) in [4.78, 5) is 16.4. The fourth-order valence-corrected chi connectivity index (χ4v) is 3.23. The molecule has 4 heteroatoms. The molecule has 1 atom stereocenters. The molecule has 1 unspecified atom stereocenters. The molecule has 0 aromatic carbocycles. The second kappa shape index (κ2) is 5.57. The first-order valence-corrected chi connectivity index (χ1v) is 7.22. The van der Waals surface area contributed by atoms with Crippen molar-refractivity contribution in [3.63, 3.8) is 0 Å². The monoisotopic (exact) mass is 254 g/mol. The lowest BCUT2D eigenvalue weighted by molar-refractivity contribution is -0.134. The number of hydrogen-bond donors (Lipinski definition) is 1. The van der Waals surface area contributed by atoms with Gasteiger partial charge in [-0.3, -0.25) is 9.69 Å². The van der Waals surface area contributed by atoms with E-state index >= 15 is 0 Å². The molecule has 2 aliphatic heterocycles. The van der Waals surface area contributed by atoms with Crippen molar-refractivity contribution in [2.24, 2.45) is 0 Å². The molecule has 2 saturated heterocycles. The molecule has 0 spiro atoms. The van der Waals surface area contributed by atoms with E-state index in [2.05, 4.69) is 4.90 Å². The van der Waals surface area contributed by atoms with E-state index in [1.165, 1.54) is 6.42 Å². The van der Waals surface area contributed by atoms with Gasteiger partial charge < -0.3 is 10.0 Å². The Hall–Kier alpha value is -0.610. The van der Waals surface area contributed by atoms with E-state index in [0.717, 1.165) is 45.3 Å². The molecule has 18 heavy (non-hydrogen) atoms. The number of carbonyl (C=O) groups excluding carboxylic acids is 1. The van der Waals surface area contributed by atoms with Crippen LogP contribution in [0.25, 0.3) is 0 Å². The van der Waals surface area contributed by atoms with Crippen LogP contribution in [0.1, 0.15) is 46.0 Å². The van der Waals surface area contributed by atoms with Crippen LogP contribution >= 0.6 is 0 Å². The Bertz CT molecular complexity index is 293. The number of hydrogen-bond acceptors (Lipinski definition) is 3. The van der Waals surface area contributed by atoms with E-state index in [1.54, 1.807) is 0 Å². The summed E-state index contributed by atoms with van der Waals surface area (Å²) in [5, 5.41) is 10.1. The number of rotatable bonds is 3. The molecule has 2 rings (SSSR count). The molecule has 1 amide bonds. The summed E-state index contributed by atoms with van der Waals surface area (Å²) in [6.45, 7) is 6.95. The highest BCUT2D eigenvalue weighted by molar-refractivity contribution is 5.78. The van der Waals surface area contributed by atoms with Crippen molar-refractivity contribution in [2.45, 2.75) is 57.6 Å². The zero-order valence-electron chi connectivity index (χ0n) is 11.7. The average Bonchev–Trinajstić information content (AvgIpc) is 2.78. The normalized spacial score (nSPS) is 26.6. The van der Waals surface area contributed by atoms with Gasteiger partial charge in [0, 0.05) is 19.1 Å². The SMILES string of the molecule is CC(C)(O)C1CCCN1CC(=O)N1CCCCC1. The van der Waals surface area contributed by atoms with E-state index in [-0.39, 0.29) is 11.9 Å². The van der Waals surface area contributed by atoms with Crippen molar-refractivity contribution in [3.8, 4) is 0 Å². The third-order valence-electron chi connectivity index (χ3n) is 4.23. The van der Waals surface area contributed by atoms with E-state index in [1.807, 2.05) is 18.7 Å². The Morgan fingerprint density at radius 2 is 1.83 bits per heavy atom. The summed E-state index contributed by atoms with van der Waals surface area (Å²) in [7, 11) is 0. The molecule has 0 aromatic heterocycles. The van der Waals surface area contributed by atoms with Gasteiger partial charge >= 0.3 is 0 Å². The quantitative estimate of drug-likeness (QED) is 0.824. The fraction of sp³-hybridized carbons (Fsp3) is 0.929. The maximum absolute atomic E-state index is 12.2. The first-order chi connectivity index (χ1) is 8.48. The average molecular weight is 254 g/mol. The molecule has 0 saturated carbocycles. The largest absolute Gasteiger partial charge is 0.389 e. The van der Waals surface area contributed by atoms with Crippen LogP contribution in [0.3, 0.4) is 0 Å². The van der Waals surface area contributed by atoms with Crippen LogP contribution in [0.2, 0.25) is 0 Å². The maximum Gasteiger partial charge on any atom is 0.236 e. The Balaban J connectivity index is 1.89. The van der Waals surface area contributed by atoms with E-state index < -0.39 is 5.60 Å². The van der Waals surface area contributed by atoms with Crippen molar-refractivity contribution >= 4 is 5.91 Å². The van der Waals surface area contributed by atoms with Gasteiger partial charge in [-0.1, -0.05) is 0 Å². The predicted octanol–water partition coefficient (Wildman–Crippen LogP) is 1.23. The summed E-state index contributed by atoms with van der Waals surface area (Å²) in [6.07, 6.45) is 5.61. The Kier molecular flexibility index (Phi) is 4.28. The number of amides is 1. The molecule has 2 heterocycles. The molecule has 0 aromatic rings. The van der Waals surface area contributed by atoms with Gasteiger partial charge in [0.2, 0.25) is 5.91 Å². The van der Waals surface area contributed by atoms with Gasteiger partial charge in [-0.15, -0.1) is 0 Å². The van der Waals surface area contributed by atoms with Crippen molar-refractivity contribution < 1.29 is 9.90 Å². The lowest BCUT2D eigenvalue weighted by Crippen LogP contribution is -2.50. The third kappa shape index (κ3) is 3.23. The Morgan fingerprint density at radius 3 is 2.44 bits per heavy atom. The van der Waals surface area contributed by atoms with Gasteiger partial charge in [0.25, 0.3) is 0 Å². The molecule has 104 valence electrons. The van der Waals surface area contributed by atoms with Crippen LogP contribution < -0.4 is 0 Å². The molecule has 4 nitrogen and oxygen atoms in total. The predicted molar refractivity (Wildman–Crippen MR) is 71.3 cm³/mol. The minimum absolute atomic E-state index is 0.131. The zero-order valence-corrected chi connectivity index (χ0v) is 11.7. The summed E-state index contributed by atoms with van der Waals surface area (Å²) in [5.41, 5.74) is -0.710. The van der Waals surface area contributed by atoms with Gasteiger partial charge in [-0.05, 0) is 52.5 Å². The third-order valence-corrected chi connectivity index (χ3v) is 4.23. The molecule has 2 aliphatic rings. The maximum atomic E-state index is 12.2. The zero-order chi connectivity index (χ0) is 13.2. The lowest BCUT2D eigenvalue weighted by atomic mass is 9.96. The number of likely N-dealkylation sites (tertiary alicyclic amines) is 2. The van der Waals surface area contributed by atoms with Crippen molar-refractivity contribution in [1.29, 1.82) is 0 Å². The summed E-state index contributed by atoms with van der Waals surface area (Å²) < 4.78 is 0. The van der Waals surface area contributed by atoms with E-state index in [4.69, 9.17) is 0 Å². The molecule has 2 fully saturated rings. The Morgan fingerprint density at radius 1 is 1.17 bits per heavy atom. The molecule has 0 bridgehead atoms. The van der Waals surface area contributed by atoms with Crippen LogP contribution in [0, 0.1) is 0 Å². The standard InChI is InChI=1S/C14H26N2O2/c1-14(2,18)12-7-6-10-16(12)11-13(17)15-8-4-3-5-9-15/h12,18H,3-11H2,1-2H3. The van der Waals surface area contributed by atoms with Crippen molar-refractivity contribution in [3.05, 3.63) is 0 Å². The van der Waals surface area contributed by atoms with Gasteiger partial charge in [0.1, 0.15) is 0 Å². The molecule has 1 N–H and O–H groups in total. The number of carbonyl (C=O) groups is 1. The second-order valence-electron chi connectivity index (χ2n) is 6.22. The minimum atomic E-state index is -0.710. The highest BCUT2D eigenvalue weighted by atomic mass is 16.3. The van der Waals surface area contributed by atoms with E-state index in [9.17, 15) is 9.90 Å². The molecule has 0 aliphatic carbocycles. The summed E-state index contributed by atoms with van der Waals surface area (Å²) >= 11 is 0. The highest BCUT2D eigenvalue weighted by Gasteiger charge is 2.37. The lowest BCUT2D eigenvalue weighted by Gasteiger charge is -2.35. The minimum Gasteiger partial charge on any atom is -0.389 e. The van der Waals surface area contributed by atoms with Crippen molar-refractivity contribution in [1.82, 2.24) is 9.80 Å². The molecule has 0 radical (unpaired) electrons. The van der Waals surface area contributed by atoms with Gasteiger partial charge in [-0.25, -0.2) is 0 Å². The van der Waals surface area contributed by atoms with Crippen LogP contribution in [-0.4, -0.2) is 58.6 Å². The Labute approximate surface area is 110 Å². The van der Waals surface area contributed by atoms with Gasteiger partial charge in [0.15, 0.2) is 0 Å². The second-order valence-corrected chi connectivity index (χ2v) is 6.22. The van der Waals surface area contributed by atoms with Crippen LogP contribution in [0.5, 0.6) is 0 Å². The van der Waals surface area contributed by atoms with Gasteiger partial charge in [0.05, 0.1) is 12.1 Å². The van der Waals surface area contributed by atoms with Crippen LogP contribution in [-0.2, 0) is 4.79 Å². The first-order valence-electron chi connectivity index (χ1n) is 7.22. The number of piperidine rings is 1. The smallest absolute Gasteiger partial charge is 0.236 e. The van der Waals surface area contributed by atoms with Crippen molar-refractivity contribution in [2.75, 3.05) is 26.2 Å². The highest BCUT2D eigenvalue weighted by Crippen LogP contribution is 2.26. The molecular formula is C14H26N2O2. The van der Waals surface area contributed by atoms with Crippen LogP contribution in [0.4, 0.5) is 0 Å². The topological polar surface area (TPSA) is 43.8 Å². The summed E-state index contributed by atoms with van der Waals surface area (Å²) in [6, 6.07) is 0.131. The van der Waals surface area contributed by atoms with Gasteiger partial charge in [-0.2, -0.15) is 0 Å². The van der Waals surface area contributed by atoms with E-state index in [0.29, 0.717) is 6.54 Å². The number of nitrogens with zero attached hydrogens (tertiary/aromatic N) is 2.